The number of esters is 1. The summed E-state index contributed by atoms with van der Waals surface area (Å²) in [6.45, 7) is 0.371. The van der Waals surface area contributed by atoms with Gasteiger partial charge in [0.2, 0.25) is 0 Å². The van der Waals surface area contributed by atoms with Gasteiger partial charge in [0, 0.05) is 0 Å². The number of methoxy groups -OCH3 is 1. The van der Waals surface area contributed by atoms with Crippen LogP contribution in [0.3, 0.4) is 0 Å². The Balaban J connectivity index is 1.52. The van der Waals surface area contributed by atoms with Crippen LogP contribution in [-0.4, -0.2) is 30.4 Å². The monoisotopic (exact) mass is 404 g/mol. The Morgan fingerprint density at radius 3 is 2.40 bits per heavy atom. The quantitative estimate of drug-likeness (QED) is 0.332. The molecular formula is C23H20N2O5. The minimum absolute atomic E-state index is 0.191. The lowest BCUT2D eigenvalue weighted by atomic mass is 10.1. The maximum Gasteiger partial charge on any atom is 0.337 e. The molecule has 0 aliphatic rings. The van der Waals surface area contributed by atoms with Gasteiger partial charge in [0.05, 0.1) is 30.1 Å². The standard InChI is InChI=1S/C23H20N2O5/c1-29-23(28)18-9-5-17(6-10-18)15-30-21-11-7-16(8-12-21)14-24-25-20-4-2-3-19(13-20)22(26)27/h2-14,25H,15H2,1H3,(H,26,27)/b24-14+. The van der Waals surface area contributed by atoms with Gasteiger partial charge in [-0.2, -0.15) is 5.10 Å². The molecule has 3 aromatic rings. The van der Waals surface area contributed by atoms with Gasteiger partial charge in [-0.3, -0.25) is 5.43 Å². The van der Waals surface area contributed by atoms with Gasteiger partial charge >= 0.3 is 11.9 Å². The average Bonchev–Trinajstić information content (AvgIpc) is 2.78. The summed E-state index contributed by atoms with van der Waals surface area (Å²) < 4.78 is 10.4. The molecule has 0 spiro atoms. The van der Waals surface area contributed by atoms with Crippen LogP contribution in [-0.2, 0) is 11.3 Å². The molecule has 0 saturated carbocycles. The fourth-order valence-electron chi connectivity index (χ4n) is 2.57. The zero-order valence-corrected chi connectivity index (χ0v) is 16.2. The number of rotatable bonds is 8. The lowest BCUT2D eigenvalue weighted by Gasteiger charge is -2.07. The molecule has 0 bridgehead atoms. The van der Waals surface area contributed by atoms with Crippen molar-refractivity contribution >= 4 is 23.8 Å². The molecule has 0 aromatic heterocycles. The molecular weight excluding hydrogens is 384 g/mol. The van der Waals surface area contributed by atoms with Crippen molar-refractivity contribution in [2.45, 2.75) is 6.61 Å². The first kappa shape index (κ1) is 20.6. The number of hydrogen-bond acceptors (Lipinski definition) is 6. The predicted octanol–water partition coefficient (Wildman–Crippen LogP) is 4.20. The third-order valence-corrected chi connectivity index (χ3v) is 4.18. The van der Waals surface area contributed by atoms with Gasteiger partial charge in [0.15, 0.2) is 0 Å². The molecule has 0 aliphatic heterocycles. The van der Waals surface area contributed by atoms with Crippen LogP contribution in [0.15, 0.2) is 77.9 Å². The van der Waals surface area contributed by atoms with Gasteiger partial charge in [0.25, 0.3) is 0 Å². The number of carboxylic acids is 1. The second kappa shape index (κ2) is 9.88. The van der Waals surface area contributed by atoms with Gasteiger partial charge < -0.3 is 14.6 Å². The Labute approximate surface area is 173 Å². The van der Waals surface area contributed by atoms with Crippen LogP contribution in [0.2, 0.25) is 0 Å². The number of carboxylic acid groups (broad SMARTS) is 1. The predicted molar refractivity (Wildman–Crippen MR) is 113 cm³/mol. The van der Waals surface area contributed by atoms with Gasteiger partial charge in [-0.15, -0.1) is 0 Å². The first-order valence-electron chi connectivity index (χ1n) is 9.08. The first-order valence-corrected chi connectivity index (χ1v) is 9.08. The molecule has 3 rings (SSSR count). The van der Waals surface area contributed by atoms with E-state index in [0.29, 0.717) is 23.6 Å². The Morgan fingerprint density at radius 2 is 1.73 bits per heavy atom. The Bertz CT molecular complexity index is 1040. The van der Waals surface area contributed by atoms with Gasteiger partial charge in [-0.25, -0.2) is 9.59 Å². The highest BCUT2D eigenvalue weighted by Crippen LogP contribution is 2.15. The minimum atomic E-state index is -0.988. The topological polar surface area (TPSA) is 97.2 Å². The summed E-state index contributed by atoms with van der Waals surface area (Å²) >= 11 is 0. The molecule has 0 fully saturated rings. The molecule has 152 valence electrons. The molecule has 0 unspecified atom stereocenters. The van der Waals surface area contributed by atoms with Crippen LogP contribution in [0.4, 0.5) is 5.69 Å². The Hall–Kier alpha value is -4.13. The van der Waals surface area contributed by atoms with E-state index in [1.807, 2.05) is 36.4 Å². The van der Waals surface area contributed by atoms with Crippen LogP contribution in [0.5, 0.6) is 5.75 Å². The van der Waals surface area contributed by atoms with Crippen LogP contribution in [0.1, 0.15) is 31.8 Å². The Kier molecular flexibility index (Phi) is 6.78. The third kappa shape index (κ3) is 5.68. The lowest BCUT2D eigenvalue weighted by Crippen LogP contribution is -2.02. The number of hydrogen-bond donors (Lipinski definition) is 2. The summed E-state index contributed by atoms with van der Waals surface area (Å²) in [6, 6.07) is 20.8. The fourth-order valence-corrected chi connectivity index (χ4v) is 2.57. The van der Waals surface area contributed by atoms with Crippen molar-refractivity contribution in [1.29, 1.82) is 0 Å². The number of nitrogens with zero attached hydrogens (tertiary/aromatic N) is 1. The van der Waals surface area contributed by atoms with Gasteiger partial charge in [0.1, 0.15) is 12.4 Å². The Morgan fingerprint density at radius 1 is 1.00 bits per heavy atom. The first-order chi connectivity index (χ1) is 14.5. The van der Waals surface area contributed by atoms with E-state index in [9.17, 15) is 9.59 Å². The number of benzene rings is 3. The summed E-state index contributed by atoms with van der Waals surface area (Å²) in [4.78, 5) is 22.4. The van der Waals surface area contributed by atoms with Crippen molar-refractivity contribution in [2.75, 3.05) is 12.5 Å². The summed E-state index contributed by atoms with van der Waals surface area (Å²) in [7, 11) is 1.35. The van der Waals surface area contributed by atoms with E-state index in [4.69, 9.17) is 9.84 Å². The van der Waals surface area contributed by atoms with E-state index < -0.39 is 5.97 Å². The molecule has 2 N–H and O–H groups in total. The molecule has 0 amide bonds. The summed E-state index contributed by atoms with van der Waals surface area (Å²) in [5.74, 6) is -0.659. The summed E-state index contributed by atoms with van der Waals surface area (Å²) in [5, 5.41) is 13.1. The molecule has 3 aromatic carbocycles. The van der Waals surface area contributed by atoms with E-state index in [2.05, 4.69) is 15.3 Å². The number of hydrazone groups is 1. The molecule has 0 atom stereocenters. The fraction of sp³-hybridized carbons (Fsp3) is 0.0870. The van der Waals surface area contributed by atoms with Crippen molar-refractivity contribution in [1.82, 2.24) is 0 Å². The van der Waals surface area contributed by atoms with E-state index in [1.54, 1.807) is 30.5 Å². The number of ether oxygens (including phenoxy) is 2. The molecule has 0 heterocycles. The molecule has 30 heavy (non-hydrogen) atoms. The number of carbonyl (C=O) groups is 2. The van der Waals surface area contributed by atoms with E-state index in [0.717, 1.165) is 11.1 Å². The zero-order chi connectivity index (χ0) is 21.3. The second-order valence-electron chi connectivity index (χ2n) is 6.30. The average molecular weight is 404 g/mol. The van der Waals surface area contributed by atoms with Gasteiger partial charge in [-0.1, -0.05) is 18.2 Å². The van der Waals surface area contributed by atoms with Crippen LogP contribution in [0.25, 0.3) is 0 Å². The van der Waals surface area contributed by atoms with Crippen molar-refractivity contribution in [3.8, 4) is 5.75 Å². The SMILES string of the molecule is COC(=O)c1ccc(COc2ccc(/C=N/Nc3cccc(C(=O)O)c3)cc2)cc1. The highest BCUT2D eigenvalue weighted by molar-refractivity contribution is 5.89. The number of aromatic carboxylic acids is 1. The van der Waals surface area contributed by atoms with E-state index in [1.165, 1.54) is 19.2 Å². The molecule has 7 heteroatoms. The van der Waals surface area contributed by atoms with Crippen molar-refractivity contribution in [3.05, 3.63) is 95.1 Å². The number of anilines is 1. The normalized spacial score (nSPS) is 10.6. The van der Waals surface area contributed by atoms with Gasteiger partial charge in [-0.05, 0) is 65.7 Å². The highest BCUT2D eigenvalue weighted by atomic mass is 16.5. The largest absolute Gasteiger partial charge is 0.489 e. The molecule has 0 radical (unpaired) electrons. The van der Waals surface area contributed by atoms with Crippen LogP contribution < -0.4 is 10.2 Å². The maximum atomic E-state index is 11.4. The van der Waals surface area contributed by atoms with E-state index >= 15 is 0 Å². The highest BCUT2D eigenvalue weighted by Gasteiger charge is 2.05. The summed E-state index contributed by atoms with van der Waals surface area (Å²) in [6.07, 6.45) is 1.63. The zero-order valence-electron chi connectivity index (χ0n) is 16.2. The number of carbonyl (C=O) groups excluding carboxylic acids is 1. The van der Waals surface area contributed by atoms with Crippen molar-refractivity contribution in [2.24, 2.45) is 5.10 Å². The number of nitrogens with one attached hydrogen (secondary N) is 1. The minimum Gasteiger partial charge on any atom is -0.489 e. The molecule has 0 saturated heterocycles. The van der Waals surface area contributed by atoms with E-state index in [-0.39, 0.29) is 11.5 Å². The van der Waals surface area contributed by atoms with Crippen molar-refractivity contribution < 1.29 is 24.2 Å². The lowest BCUT2D eigenvalue weighted by molar-refractivity contribution is 0.0599. The molecule has 0 aliphatic carbocycles. The molecule has 7 nitrogen and oxygen atoms in total. The smallest absolute Gasteiger partial charge is 0.337 e. The third-order valence-electron chi connectivity index (χ3n) is 4.18. The summed E-state index contributed by atoms with van der Waals surface area (Å²) in [5.41, 5.74) is 5.87. The van der Waals surface area contributed by atoms with Crippen molar-refractivity contribution in [3.63, 3.8) is 0 Å². The maximum absolute atomic E-state index is 11.4. The second-order valence-corrected chi connectivity index (χ2v) is 6.30. The van der Waals surface area contributed by atoms with Crippen LogP contribution in [0, 0.1) is 0 Å². The van der Waals surface area contributed by atoms with Crippen LogP contribution >= 0.6 is 0 Å².